The van der Waals surface area contributed by atoms with Crippen LogP contribution in [0.2, 0.25) is 0 Å². The molecule has 0 saturated carbocycles. The average molecular weight is 775 g/mol. The molecule has 12 rings (SSSR count). The highest BCUT2D eigenvalue weighted by Crippen LogP contribution is 2.47. The molecule has 2 nitrogen and oxygen atoms in total. The Morgan fingerprint density at radius 3 is 1.79 bits per heavy atom. The van der Waals surface area contributed by atoms with E-state index < -0.39 is 0 Å². The van der Waals surface area contributed by atoms with E-state index >= 15 is 0 Å². The maximum Gasteiger partial charge on any atom is 0.0640 e. The summed E-state index contributed by atoms with van der Waals surface area (Å²) in [5.74, 6) is 0. The number of thiophene rings is 2. The lowest BCUT2D eigenvalue weighted by Gasteiger charge is -2.26. The van der Waals surface area contributed by atoms with Crippen molar-refractivity contribution in [1.29, 1.82) is 0 Å². The van der Waals surface area contributed by atoms with Gasteiger partial charge in [-0.05, 0) is 95.1 Å². The molecular formula is C54H34N2S2. The molecule has 0 spiro atoms. The second-order valence-electron chi connectivity index (χ2n) is 14.9. The van der Waals surface area contributed by atoms with E-state index in [2.05, 4.69) is 216 Å². The van der Waals surface area contributed by atoms with Gasteiger partial charge in [-0.3, -0.25) is 0 Å². The van der Waals surface area contributed by atoms with Crippen LogP contribution in [0.25, 0.3) is 90.1 Å². The summed E-state index contributed by atoms with van der Waals surface area (Å²) in [6.45, 7) is 0. The van der Waals surface area contributed by atoms with Gasteiger partial charge < -0.3 is 9.47 Å². The largest absolute Gasteiger partial charge is 0.309 e. The van der Waals surface area contributed by atoms with Crippen LogP contribution in [-0.4, -0.2) is 4.57 Å². The van der Waals surface area contributed by atoms with E-state index in [1.165, 1.54) is 95.8 Å². The molecule has 9 aromatic carbocycles. The van der Waals surface area contributed by atoms with Crippen molar-refractivity contribution in [3.8, 4) is 27.9 Å². The zero-order chi connectivity index (χ0) is 38.2. The molecule has 3 aromatic heterocycles. The van der Waals surface area contributed by atoms with Crippen molar-refractivity contribution in [3.05, 3.63) is 206 Å². The lowest BCUT2D eigenvalue weighted by molar-refractivity contribution is 1.18. The Labute approximate surface area is 343 Å². The number of fused-ring (bicyclic) bond motifs is 9. The SMILES string of the molecule is c1ccc(-c2ccc3sc4c(N(c5ccc(-c6ccc7c8ccccc8n(-c8ccccc8)c7c6)cc5)c5ccc6c(c5)sc5ccccc56)cccc4c3c2)cc1. The highest BCUT2D eigenvalue weighted by molar-refractivity contribution is 7.26. The second kappa shape index (κ2) is 13.3. The molecule has 0 amide bonds. The summed E-state index contributed by atoms with van der Waals surface area (Å²) in [4.78, 5) is 2.46. The lowest BCUT2D eigenvalue weighted by Crippen LogP contribution is -2.10. The minimum absolute atomic E-state index is 1.12. The number of hydrogen-bond donors (Lipinski definition) is 0. The number of aromatic nitrogens is 1. The van der Waals surface area contributed by atoms with Crippen molar-refractivity contribution in [2.75, 3.05) is 4.90 Å². The van der Waals surface area contributed by atoms with Crippen molar-refractivity contribution >= 4 is 102 Å². The van der Waals surface area contributed by atoms with Gasteiger partial charge in [0.25, 0.3) is 0 Å². The van der Waals surface area contributed by atoms with E-state index in [-0.39, 0.29) is 0 Å². The van der Waals surface area contributed by atoms with Crippen molar-refractivity contribution < 1.29 is 0 Å². The topological polar surface area (TPSA) is 8.17 Å². The van der Waals surface area contributed by atoms with Crippen LogP contribution >= 0.6 is 22.7 Å². The summed E-state index contributed by atoms with van der Waals surface area (Å²) in [6.07, 6.45) is 0. The number of para-hydroxylation sites is 2. The smallest absolute Gasteiger partial charge is 0.0640 e. The summed E-state index contributed by atoms with van der Waals surface area (Å²) >= 11 is 3.74. The molecule has 0 atom stereocenters. The van der Waals surface area contributed by atoms with Crippen molar-refractivity contribution in [2.45, 2.75) is 0 Å². The Balaban J connectivity index is 1.02. The zero-order valence-corrected chi connectivity index (χ0v) is 33.0. The minimum atomic E-state index is 1.12. The first-order valence-corrected chi connectivity index (χ1v) is 21.3. The van der Waals surface area contributed by atoms with Gasteiger partial charge in [0.15, 0.2) is 0 Å². The number of rotatable bonds is 6. The molecule has 0 saturated heterocycles. The first-order valence-electron chi connectivity index (χ1n) is 19.7. The van der Waals surface area contributed by atoms with Crippen LogP contribution in [0.1, 0.15) is 0 Å². The number of benzene rings is 9. The molecule has 0 aliphatic carbocycles. The van der Waals surface area contributed by atoms with Crippen LogP contribution in [-0.2, 0) is 0 Å². The van der Waals surface area contributed by atoms with Gasteiger partial charge in [-0.25, -0.2) is 0 Å². The molecular weight excluding hydrogens is 741 g/mol. The van der Waals surface area contributed by atoms with Crippen LogP contribution in [0.15, 0.2) is 206 Å². The molecule has 3 heterocycles. The van der Waals surface area contributed by atoms with E-state index in [0.29, 0.717) is 0 Å². The van der Waals surface area contributed by atoms with Gasteiger partial charge in [-0.15, -0.1) is 22.7 Å². The van der Waals surface area contributed by atoms with Gasteiger partial charge in [0.1, 0.15) is 0 Å². The fraction of sp³-hybridized carbons (Fsp3) is 0. The average Bonchev–Trinajstić information content (AvgIpc) is 3.96. The summed E-state index contributed by atoms with van der Waals surface area (Å²) in [5, 5.41) is 7.71. The fourth-order valence-electron chi connectivity index (χ4n) is 8.86. The lowest BCUT2D eigenvalue weighted by atomic mass is 10.0. The maximum absolute atomic E-state index is 2.46. The van der Waals surface area contributed by atoms with Crippen molar-refractivity contribution in [1.82, 2.24) is 4.57 Å². The molecule has 12 aromatic rings. The van der Waals surface area contributed by atoms with Crippen molar-refractivity contribution in [3.63, 3.8) is 0 Å². The number of hydrogen-bond acceptors (Lipinski definition) is 3. The zero-order valence-electron chi connectivity index (χ0n) is 31.3. The quantitative estimate of drug-likeness (QED) is 0.163. The Morgan fingerprint density at radius 1 is 0.328 bits per heavy atom. The Morgan fingerprint density at radius 2 is 0.931 bits per heavy atom. The van der Waals surface area contributed by atoms with E-state index in [0.717, 1.165) is 11.4 Å². The molecule has 0 N–H and O–H groups in total. The fourth-order valence-corrected chi connectivity index (χ4v) is 11.2. The van der Waals surface area contributed by atoms with Gasteiger partial charge >= 0.3 is 0 Å². The monoisotopic (exact) mass is 774 g/mol. The van der Waals surface area contributed by atoms with E-state index in [1.807, 2.05) is 22.7 Å². The molecule has 0 aliphatic heterocycles. The number of nitrogens with zero attached hydrogens (tertiary/aromatic N) is 2. The van der Waals surface area contributed by atoms with Gasteiger partial charge in [-0.2, -0.15) is 0 Å². The van der Waals surface area contributed by atoms with Gasteiger partial charge in [0.05, 0.1) is 21.4 Å². The predicted octanol–water partition coefficient (Wildman–Crippen LogP) is 16.3. The third-order valence-corrected chi connectivity index (χ3v) is 13.9. The van der Waals surface area contributed by atoms with Crippen LogP contribution in [0, 0.1) is 0 Å². The summed E-state index contributed by atoms with van der Waals surface area (Å²) < 4.78 is 7.57. The Kier molecular flexibility index (Phi) is 7.62. The van der Waals surface area contributed by atoms with Crippen LogP contribution in [0.5, 0.6) is 0 Å². The standard InChI is InChI=1S/C54H34N2S2/c1-3-12-35(13-4-1)37-25-31-52-47(32-37)46-18-11-20-49(54(46)58-52)55(41-28-30-45-44-17-8-10-21-51(44)57-53(45)34-41)40-26-22-36(23-27-40)38-24-29-43-42-16-7-9-19-48(42)56(50(43)33-38)39-14-5-2-6-15-39/h1-34H. The summed E-state index contributed by atoms with van der Waals surface area (Å²) in [5.41, 5.74) is 11.9. The summed E-state index contributed by atoms with van der Waals surface area (Å²) in [6, 6.07) is 75.6. The van der Waals surface area contributed by atoms with Gasteiger partial charge in [0.2, 0.25) is 0 Å². The molecule has 272 valence electrons. The number of anilines is 3. The third kappa shape index (κ3) is 5.30. The third-order valence-electron chi connectivity index (χ3n) is 11.6. The Hall–Kier alpha value is -6.98. The minimum Gasteiger partial charge on any atom is -0.309 e. The molecule has 0 bridgehead atoms. The van der Waals surface area contributed by atoms with Gasteiger partial charge in [-0.1, -0.05) is 133 Å². The molecule has 0 radical (unpaired) electrons. The van der Waals surface area contributed by atoms with Gasteiger partial charge in [0, 0.05) is 63.5 Å². The first-order chi connectivity index (χ1) is 28.7. The summed E-state index contributed by atoms with van der Waals surface area (Å²) in [7, 11) is 0. The highest BCUT2D eigenvalue weighted by atomic mass is 32.1. The first kappa shape index (κ1) is 33.2. The Bertz CT molecular complexity index is 3500. The van der Waals surface area contributed by atoms with E-state index in [9.17, 15) is 0 Å². The molecule has 58 heavy (non-hydrogen) atoms. The molecule has 4 heteroatoms. The van der Waals surface area contributed by atoms with E-state index in [1.54, 1.807) is 0 Å². The predicted molar refractivity (Wildman–Crippen MR) is 252 cm³/mol. The maximum atomic E-state index is 2.46. The highest BCUT2D eigenvalue weighted by Gasteiger charge is 2.20. The van der Waals surface area contributed by atoms with Crippen LogP contribution < -0.4 is 4.90 Å². The van der Waals surface area contributed by atoms with E-state index in [4.69, 9.17) is 0 Å². The molecule has 0 aliphatic rings. The molecule has 0 fully saturated rings. The normalized spacial score (nSPS) is 11.8. The second-order valence-corrected chi connectivity index (χ2v) is 17.0. The van der Waals surface area contributed by atoms with Crippen LogP contribution in [0.4, 0.5) is 17.1 Å². The van der Waals surface area contributed by atoms with Crippen molar-refractivity contribution in [2.24, 2.45) is 0 Å². The van der Waals surface area contributed by atoms with Crippen LogP contribution in [0.3, 0.4) is 0 Å². The molecule has 0 unspecified atom stereocenters.